The second kappa shape index (κ2) is 11.3. The Morgan fingerprint density at radius 1 is 0.340 bits per heavy atom. The molecule has 0 aliphatic rings. The molecule has 0 atom stereocenters. The third kappa shape index (κ3) is 4.28. The van der Waals surface area contributed by atoms with Crippen LogP contribution in [-0.4, -0.2) is 0 Å². The van der Waals surface area contributed by atoms with Crippen LogP contribution in [0.15, 0.2) is 172 Å². The molecule has 0 aliphatic heterocycles. The molecule has 0 N–H and O–H groups in total. The summed E-state index contributed by atoms with van der Waals surface area (Å²) in [6.07, 6.45) is 7.41. The van der Waals surface area contributed by atoms with Crippen LogP contribution in [0.1, 0.15) is 11.1 Å². The van der Waals surface area contributed by atoms with E-state index in [0.29, 0.717) is 0 Å². The lowest BCUT2D eigenvalue weighted by Crippen LogP contribution is -1.91. The molecule has 0 spiro atoms. The van der Waals surface area contributed by atoms with Crippen molar-refractivity contribution in [1.82, 2.24) is 0 Å². The Labute approximate surface area is 305 Å². The van der Waals surface area contributed by atoms with Gasteiger partial charge in [0.2, 0.25) is 0 Å². The van der Waals surface area contributed by atoms with E-state index in [9.17, 15) is 0 Å². The van der Waals surface area contributed by atoms with E-state index in [4.69, 9.17) is 13.3 Å². The molecule has 0 fully saturated rings. The molecular formula is C50H32O3. The predicted molar refractivity (Wildman–Crippen MR) is 219 cm³/mol. The fraction of sp³-hybridized carbons (Fsp3) is 0.0400. The lowest BCUT2D eigenvalue weighted by atomic mass is 9.85. The van der Waals surface area contributed by atoms with E-state index in [1.165, 1.54) is 65.3 Å². The fourth-order valence-corrected chi connectivity index (χ4v) is 8.82. The highest BCUT2D eigenvalue weighted by atomic mass is 16.3. The molecule has 0 saturated carbocycles. The minimum atomic E-state index is 0.870. The molecule has 11 aromatic rings. The zero-order chi connectivity index (χ0) is 35.2. The van der Waals surface area contributed by atoms with Crippen LogP contribution in [-0.2, 0) is 0 Å². The Hall–Kier alpha value is -6.84. The van der Waals surface area contributed by atoms with Crippen molar-refractivity contribution in [2.45, 2.75) is 13.8 Å². The molecule has 3 nitrogen and oxygen atoms in total. The number of furan rings is 3. The fourth-order valence-electron chi connectivity index (χ4n) is 8.82. The lowest BCUT2D eigenvalue weighted by Gasteiger charge is -2.17. The molecular weight excluding hydrogens is 649 g/mol. The highest BCUT2D eigenvalue weighted by molar-refractivity contribution is 6.25. The van der Waals surface area contributed by atoms with Gasteiger partial charge in [-0.05, 0) is 91.3 Å². The molecule has 11 rings (SSSR count). The summed E-state index contributed by atoms with van der Waals surface area (Å²) in [5.74, 6) is 0. The van der Waals surface area contributed by atoms with Crippen LogP contribution in [0.5, 0.6) is 0 Å². The number of hydrogen-bond donors (Lipinski definition) is 0. The summed E-state index contributed by atoms with van der Waals surface area (Å²) >= 11 is 0. The third-order valence-electron chi connectivity index (χ3n) is 11.2. The van der Waals surface area contributed by atoms with E-state index in [-0.39, 0.29) is 0 Å². The zero-order valence-electron chi connectivity index (χ0n) is 29.2. The number of hydrogen-bond acceptors (Lipinski definition) is 3. The molecule has 3 heterocycles. The molecule has 0 unspecified atom stereocenters. The van der Waals surface area contributed by atoms with Gasteiger partial charge in [-0.2, -0.15) is 0 Å². The number of para-hydroxylation sites is 1. The first kappa shape index (κ1) is 29.8. The number of benzene rings is 8. The summed E-state index contributed by atoms with van der Waals surface area (Å²) in [5.41, 5.74) is 13.3. The number of rotatable bonds is 4. The van der Waals surface area contributed by atoms with Crippen LogP contribution in [0.3, 0.4) is 0 Å². The van der Waals surface area contributed by atoms with Crippen LogP contribution < -0.4 is 0 Å². The van der Waals surface area contributed by atoms with Gasteiger partial charge >= 0.3 is 0 Å². The van der Waals surface area contributed by atoms with Gasteiger partial charge < -0.3 is 13.3 Å². The van der Waals surface area contributed by atoms with Gasteiger partial charge in [-0.1, -0.05) is 121 Å². The topological polar surface area (TPSA) is 39.4 Å². The molecule has 0 saturated heterocycles. The normalized spacial score (nSPS) is 12.0. The Balaban J connectivity index is 1.19. The van der Waals surface area contributed by atoms with Crippen LogP contribution in [0.2, 0.25) is 0 Å². The van der Waals surface area contributed by atoms with Gasteiger partial charge in [0.1, 0.15) is 11.2 Å². The summed E-state index contributed by atoms with van der Waals surface area (Å²) < 4.78 is 18.3. The number of fused-ring (bicyclic) bond motifs is 7. The quantitative estimate of drug-likeness (QED) is 0.174. The monoisotopic (exact) mass is 680 g/mol. The van der Waals surface area contributed by atoms with E-state index in [2.05, 4.69) is 147 Å². The van der Waals surface area contributed by atoms with Gasteiger partial charge in [0, 0.05) is 44.2 Å². The maximum atomic E-state index is 6.88. The minimum Gasteiger partial charge on any atom is -0.472 e. The second-order valence-electron chi connectivity index (χ2n) is 14.1. The van der Waals surface area contributed by atoms with Gasteiger partial charge in [-0.15, -0.1) is 0 Å². The van der Waals surface area contributed by atoms with Crippen LogP contribution in [0.25, 0.3) is 110 Å². The van der Waals surface area contributed by atoms with Crippen molar-refractivity contribution >= 4 is 65.0 Å². The Morgan fingerprint density at radius 2 is 0.755 bits per heavy atom. The molecule has 53 heavy (non-hydrogen) atoms. The standard InChI is InChI=1S/C50H32O3/c1-29-25-51-27-43(29)48-34-14-5-3-12-32(34)46(33-13-4-6-15-35(33)48)31-22-23-45-42(24-31)40-20-11-21-41(50(40)53-45)47-36-16-7-9-18-38(36)49(44-28-52-26-30(44)2)39-19-10-8-17-37(39)47/h3-28H,1-2H3. The van der Waals surface area contributed by atoms with E-state index in [0.717, 1.165) is 55.3 Å². The minimum absolute atomic E-state index is 0.870. The summed E-state index contributed by atoms with van der Waals surface area (Å²) in [6.45, 7) is 4.23. The van der Waals surface area contributed by atoms with Gasteiger partial charge in [0.25, 0.3) is 0 Å². The van der Waals surface area contributed by atoms with Crippen molar-refractivity contribution in [2.24, 2.45) is 0 Å². The average Bonchev–Trinajstić information content (AvgIpc) is 3.93. The summed E-state index contributed by atoms with van der Waals surface area (Å²) in [4.78, 5) is 0. The molecule has 0 amide bonds. The third-order valence-corrected chi connectivity index (χ3v) is 11.2. The highest BCUT2D eigenvalue weighted by Crippen LogP contribution is 2.49. The van der Waals surface area contributed by atoms with Crippen LogP contribution in [0.4, 0.5) is 0 Å². The van der Waals surface area contributed by atoms with Crippen molar-refractivity contribution in [1.29, 1.82) is 0 Å². The van der Waals surface area contributed by atoms with Crippen molar-refractivity contribution in [3.8, 4) is 44.5 Å². The first-order valence-corrected chi connectivity index (χ1v) is 18.0. The first-order valence-electron chi connectivity index (χ1n) is 18.0. The lowest BCUT2D eigenvalue weighted by molar-refractivity contribution is 0.566. The van der Waals surface area contributed by atoms with Crippen LogP contribution >= 0.6 is 0 Å². The molecule has 0 bridgehead atoms. The maximum Gasteiger partial charge on any atom is 0.143 e. The predicted octanol–water partition coefficient (Wildman–Crippen LogP) is 14.7. The zero-order valence-corrected chi connectivity index (χ0v) is 29.2. The van der Waals surface area contributed by atoms with E-state index in [1.54, 1.807) is 0 Å². The van der Waals surface area contributed by atoms with Crippen molar-refractivity contribution < 1.29 is 13.3 Å². The Morgan fingerprint density at radius 3 is 1.19 bits per heavy atom. The molecule has 250 valence electrons. The van der Waals surface area contributed by atoms with Gasteiger partial charge in [0.15, 0.2) is 0 Å². The second-order valence-corrected chi connectivity index (χ2v) is 14.1. The van der Waals surface area contributed by atoms with Crippen LogP contribution in [0, 0.1) is 13.8 Å². The smallest absolute Gasteiger partial charge is 0.143 e. The molecule has 3 heteroatoms. The number of aryl methyl sites for hydroxylation is 2. The van der Waals surface area contributed by atoms with Crippen molar-refractivity contribution in [2.75, 3.05) is 0 Å². The van der Waals surface area contributed by atoms with E-state index < -0.39 is 0 Å². The largest absolute Gasteiger partial charge is 0.472 e. The molecule has 0 radical (unpaired) electrons. The average molecular weight is 681 g/mol. The molecule has 3 aromatic heterocycles. The summed E-state index contributed by atoms with van der Waals surface area (Å²) in [7, 11) is 0. The highest BCUT2D eigenvalue weighted by Gasteiger charge is 2.23. The molecule has 8 aromatic carbocycles. The van der Waals surface area contributed by atoms with E-state index >= 15 is 0 Å². The summed E-state index contributed by atoms with van der Waals surface area (Å²) in [5, 5.41) is 11.8. The van der Waals surface area contributed by atoms with E-state index in [1.807, 2.05) is 25.1 Å². The SMILES string of the molecule is Cc1cocc1-c1c2ccccc2c(-c2ccc3oc4c(-c5c6ccccc6c(-c6cocc6C)c6ccccc56)cccc4c3c2)c2ccccc12. The van der Waals surface area contributed by atoms with Crippen molar-refractivity contribution in [3.63, 3.8) is 0 Å². The Kier molecular flexibility index (Phi) is 6.38. The van der Waals surface area contributed by atoms with Gasteiger partial charge in [-0.25, -0.2) is 0 Å². The summed E-state index contributed by atoms with van der Waals surface area (Å²) in [6, 6.07) is 48.2. The first-order chi connectivity index (χ1) is 26.2. The van der Waals surface area contributed by atoms with Gasteiger partial charge in [-0.3, -0.25) is 0 Å². The molecule has 0 aliphatic carbocycles. The maximum absolute atomic E-state index is 6.88. The van der Waals surface area contributed by atoms with Crippen molar-refractivity contribution in [3.05, 3.63) is 170 Å². The Bertz CT molecular complexity index is 3140. The van der Waals surface area contributed by atoms with Gasteiger partial charge in [0.05, 0.1) is 25.1 Å².